The van der Waals surface area contributed by atoms with Crippen molar-refractivity contribution >= 4 is 0 Å². The monoisotopic (exact) mass is 359 g/mol. The Hall–Kier alpha value is -1.01. The second-order valence-electron chi connectivity index (χ2n) is 8.63. The van der Waals surface area contributed by atoms with E-state index in [9.17, 15) is 0 Å². The second-order valence-corrected chi connectivity index (χ2v) is 8.63. The molecule has 2 atom stereocenters. The molecule has 1 spiro atoms. The molecule has 0 saturated carbocycles. The number of likely N-dealkylation sites (tertiary alicyclic amines) is 2. The van der Waals surface area contributed by atoms with E-state index < -0.39 is 0 Å². The van der Waals surface area contributed by atoms with Gasteiger partial charge in [0.2, 0.25) is 0 Å². The van der Waals surface area contributed by atoms with E-state index in [-0.39, 0.29) is 0 Å². The first kappa shape index (κ1) is 18.4. The molecule has 4 heterocycles. The van der Waals surface area contributed by atoms with Crippen molar-refractivity contribution in [1.82, 2.24) is 14.8 Å². The summed E-state index contributed by atoms with van der Waals surface area (Å²) in [4.78, 5) is 9.60. The van der Waals surface area contributed by atoms with Crippen molar-refractivity contribution in [1.29, 1.82) is 0 Å². The van der Waals surface area contributed by atoms with E-state index >= 15 is 0 Å². The molecule has 3 aliphatic rings. The molecule has 0 radical (unpaired) electrons. The molecular weight excluding hydrogens is 326 g/mol. The summed E-state index contributed by atoms with van der Waals surface area (Å²) in [6.07, 6.45) is 5.63. The highest BCUT2D eigenvalue weighted by molar-refractivity contribution is 5.03. The Labute approximate surface area is 157 Å². The SMILES string of the molecule is CN1C[C@H](COCc2ccccn2)[C@]2(CCN(CC3CCOCC3)C2)C1. The smallest absolute Gasteiger partial charge is 0.0887 e. The third-order valence-corrected chi connectivity index (χ3v) is 6.60. The fourth-order valence-corrected chi connectivity index (χ4v) is 5.22. The van der Waals surface area contributed by atoms with Crippen molar-refractivity contribution < 1.29 is 9.47 Å². The van der Waals surface area contributed by atoms with Gasteiger partial charge in [-0.25, -0.2) is 0 Å². The minimum absolute atomic E-state index is 0.421. The van der Waals surface area contributed by atoms with Gasteiger partial charge in [-0.15, -0.1) is 0 Å². The van der Waals surface area contributed by atoms with E-state index in [1.54, 1.807) is 0 Å². The minimum atomic E-state index is 0.421. The van der Waals surface area contributed by atoms with Gasteiger partial charge in [-0.2, -0.15) is 0 Å². The first-order valence-electron chi connectivity index (χ1n) is 10.2. The lowest BCUT2D eigenvalue weighted by molar-refractivity contribution is 0.0423. The van der Waals surface area contributed by atoms with Gasteiger partial charge < -0.3 is 19.3 Å². The van der Waals surface area contributed by atoms with Crippen LogP contribution in [0.2, 0.25) is 0 Å². The number of pyridine rings is 1. The summed E-state index contributed by atoms with van der Waals surface area (Å²) < 4.78 is 11.6. The molecule has 0 aromatic carbocycles. The van der Waals surface area contributed by atoms with Crippen molar-refractivity contribution in [2.75, 3.05) is 59.6 Å². The van der Waals surface area contributed by atoms with Gasteiger partial charge in [0.05, 0.1) is 18.9 Å². The van der Waals surface area contributed by atoms with E-state index in [0.29, 0.717) is 17.9 Å². The summed E-state index contributed by atoms with van der Waals surface area (Å²) in [5.41, 5.74) is 1.45. The van der Waals surface area contributed by atoms with E-state index in [2.05, 4.69) is 21.8 Å². The average Bonchev–Trinajstić information content (AvgIpc) is 3.20. The first-order chi connectivity index (χ1) is 12.7. The van der Waals surface area contributed by atoms with Crippen molar-refractivity contribution in [3.05, 3.63) is 30.1 Å². The van der Waals surface area contributed by atoms with Crippen molar-refractivity contribution in [2.45, 2.75) is 25.9 Å². The number of rotatable bonds is 6. The van der Waals surface area contributed by atoms with Gasteiger partial charge in [0.25, 0.3) is 0 Å². The number of hydrogen-bond donors (Lipinski definition) is 0. The Kier molecular flexibility index (Phi) is 5.89. The van der Waals surface area contributed by atoms with Gasteiger partial charge in [0, 0.05) is 56.9 Å². The van der Waals surface area contributed by atoms with Crippen LogP contribution in [0, 0.1) is 17.3 Å². The van der Waals surface area contributed by atoms with Gasteiger partial charge in [0.15, 0.2) is 0 Å². The van der Waals surface area contributed by atoms with E-state index in [0.717, 1.165) is 38.0 Å². The van der Waals surface area contributed by atoms with Crippen LogP contribution in [0.3, 0.4) is 0 Å². The zero-order valence-electron chi connectivity index (χ0n) is 16.1. The molecule has 144 valence electrons. The van der Waals surface area contributed by atoms with Crippen LogP contribution in [0.4, 0.5) is 0 Å². The largest absolute Gasteiger partial charge is 0.381 e. The third kappa shape index (κ3) is 4.28. The van der Waals surface area contributed by atoms with Crippen LogP contribution < -0.4 is 0 Å². The maximum Gasteiger partial charge on any atom is 0.0887 e. The predicted octanol–water partition coefficient (Wildman–Crippen LogP) is 2.28. The molecular formula is C21H33N3O2. The molecule has 0 amide bonds. The zero-order valence-corrected chi connectivity index (χ0v) is 16.1. The standard InChI is InChI=1S/C21H33N3O2/c1-23-13-19(14-26-15-20-4-2-3-8-22-20)21(16-23)7-9-24(17-21)12-18-5-10-25-11-6-18/h2-4,8,18-19H,5-7,9-17H2,1H3/t19-,21-/m1/s1. The van der Waals surface area contributed by atoms with Crippen LogP contribution in [-0.4, -0.2) is 74.4 Å². The summed E-state index contributed by atoms with van der Waals surface area (Å²) >= 11 is 0. The second kappa shape index (κ2) is 8.34. The number of hydrogen-bond acceptors (Lipinski definition) is 5. The molecule has 0 bridgehead atoms. The van der Waals surface area contributed by atoms with E-state index in [1.807, 2.05) is 24.4 Å². The predicted molar refractivity (Wildman–Crippen MR) is 102 cm³/mol. The minimum Gasteiger partial charge on any atom is -0.381 e. The topological polar surface area (TPSA) is 37.8 Å². The molecule has 4 rings (SSSR count). The van der Waals surface area contributed by atoms with E-state index in [1.165, 1.54) is 45.4 Å². The lowest BCUT2D eigenvalue weighted by atomic mass is 9.77. The van der Waals surface area contributed by atoms with Crippen LogP contribution >= 0.6 is 0 Å². The van der Waals surface area contributed by atoms with Gasteiger partial charge in [-0.05, 0) is 50.9 Å². The highest BCUT2D eigenvalue weighted by atomic mass is 16.5. The summed E-state index contributed by atoms with van der Waals surface area (Å²) in [6, 6.07) is 6.03. The molecule has 1 aromatic heterocycles. The van der Waals surface area contributed by atoms with Crippen molar-refractivity contribution in [3.63, 3.8) is 0 Å². The molecule has 0 aliphatic carbocycles. The Morgan fingerprint density at radius 3 is 2.96 bits per heavy atom. The third-order valence-electron chi connectivity index (χ3n) is 6.60. The van der Waals surface area contributed by atoms with Gasteiger partial charge in [-0.3, -0.25) is 4.98 Å². The highest BCUT2D eigenvalue weighted by Crippen LogP contribution is 2.44. The number of ether oxygens (including phenoxy) is 2. The molecule has 3 saturated heterocycles. The molecule has 5 heteroatoms. The number of nitrogens with zero attached hydrogens (tertiary/aromatic N) is 3. The van der Waals surface area contributed by atoms with Crippen molar-refractivity contribution in [3.8, 4) is 0 Å². The molecule has 0 unspecified atom stereocenters. The maximum atomic E-state index is 6.10. The fraction of sp³-hybridized carbons (Fsp3) is 0.762. The first-order valence-corrected chi connectivity index (χ1v) is 10.2. The molecule has 3 fully saturated rings. The molecule has 0 N–H and O–H groups in total. The molecule has 26 heavy (non-hydrogen) atoms. The summed E-state index contributed by atoms with van der Waals surface area (Å²) in [5, 5.41) is 0. The Morgan fingerprint density at radius 1 is 1.27 bits per heavy atom. The van der Waals surface area contributed by atoms with Gasteiger partial charge >= 0.3 is 0 Å². The highest BCUT2D eigenvalue weighted by Gasteiger charge is 2.49. The lowest BCUT2D eigenvalue weighted by Gasteiger charge is -2.32. The molecule has 5 nitrogen and oxygen atoms in total. The summed E-state index contributed by atoms with van der Waals surface area (Å²) in [7, 11) is 2.27. The number of aromatic nitrogens is 1. The normalized spacial score (nSPS) is 31.2. The van der Waals surface area contributed by atoms with Crippen LogP contribution in [0.1, 0.15) is 25.0 Å². The molecule has 3 aliphatic heterocycles. The average molecular weight is 360 g/mol. The maximum absolute atomic E-state index is 6.10. The Morgan fingerprint density at radius 2 is 2.15 bits per heavy atom. The summed E-state index contributed by atoms with van der Waals surface area (Å²) in [5.74, 6) is 1.47. The van der Waals surface area contributed by atoms with Crippen LogP contribution in [0.25, 0.3) is 0 Å². The fourth-order valence-electron chi connectivity index (χ4n) is 5.22. The van der Waals surface area contributed by atoms with Crippen molar-refractivity contribution in [2.24, 2.45) is 17.3 Å². The lowest BCUT2D eigenvalue weighted by Crippen LogP contribution is -2.38. The zero-order chi connectivity index (χ0) is 17.8. The van der Waals surface area contributed by atoms with Crippen LogP contribution in [0.15, 0.2) is 24.4 Å². The van der Waals surface area contributed by atoms with Gasteiger partial charge in [0.1, 0.15) is 0 Å². The van der Waals surface area contributed by atoms with E-state index in [4.69, 9.17) is 9.47 Å². The van der Waals surface area contributed by atoms with Gasteiger partial charge in [-0.1, -0.05) is 6.07 Å². The van der Waals surface area contributed by atoms with Crippen LogP contribution in [0.5, 0.6) is 0 Å². The molecule has 1 aromatic rings. The Bertz CT molecular complexity index is 564. The Balaban J connectivity index is 1.30. The summed E-state index contributed by atoms with van der Waals surface area (Å²) in [6.45, 7) is 9.52. The quantitative estimate of drug-likeness (QED) is 0.779. The van der Waals surface area contributed by atoms with Crippen LogP contribution in [-0.2, 0) is 16.1 Å².